The first-order valence-electron chi connectivity index (χ1n) is 19.9. The van der Waals surface area contributed by atoms with Gasteiger partial charge in [0, 0.05) is 27.9 Å². The highest BCUT2D eigenvalue weighted by Crippen LogP contribution is 2.53. The first kappa shape index (κ1) is 35.0. The number of nitrogens with one attached hydrogen (secondary N) is 1. The zero-order chi connectivity index (χ0) is 37.5. The van der Waals surface area contributed by atoms with Crippen molar-refractivity contribution in [1.82, 2.24) is 9.88 Å². The number of benzene rings is 7. The van der Waals surface area contributed by atoms with Gasteiger partial charge in [-0.15, -0.1) is 0 Å². The summed E-state index contributed by atoms with van der Waals surface area (Å²) in [4.78, 5) is 0. The molecule has 0 aliphatic heterocycles. The second-order valence-electron chi connectivity index (χ2n) is 15.8. The van der Waals surface area contributed by atoms with Gasteiger partial charge in [0.1, 0.15) is 0 Å². The van der Waals surface area contributed by atoms with Crippen molar-refractivity contribution >= 4 is 21.8 Å². The summed E-state index contributed by atoms with van der Waals surface area (Å²) in [7, 11) is 0. The Morgan fingerprint density at radius 1 is 0.618 bits per heavy atom. The SMILES string of the molecule is CCC(CCc1cccc(-n2c3ccccc3c3c4c(ccc32)C(C)(C)c2ccccc2-4)c1)C(NC(N)c1ccc(-c2ccccc2)cc1)c1ccccc1. The van der Waals surface area contributed by atoms with Gasteiger partial charge in [-0.25, -0.2) is 0 Å². The predicted octanol–water partition coefficient (Wildman–Crippen LogP) is 12.7. The highest BCUT2D eigenvalue weighted by molar-refractivity contribution is 6.17. The normalized spacial score (nSPS) is 14.8. The fourth-order valence-corrected chi connectivity index (χ4v) is 9.31. The van der Waals surface area contributed by atoms with E-state index in [1.54, 1.807) is 0 Å². The second-order valence-corrected chi connectivity index (χ2v) is 15.8. The molecule has 0 spiro atoms. The van der Waals surface area contributed by atoms with Crippen LogP contribution in [0.1, 0.15) is 73.6 Å². The average molecular weight is 716 g/mol. The van der Waals surface area contributed by atoms with E-state index in [1.165, 1.54) is 72.0 Å². The molecule has 1 aromatic heterocycles. The van der Waals surface area contributed by atoms with Gasteiger partial charge in [0.15, 0.2) is 0 Å². The Kier molecular flexibility index (Phi) is 9.22. The number of hydrogen-bond donors (Lipinski definition) is 2. The molecule has 3 nitrogen and oxygen atoms in total. The van der Waals surface area contributed by atoms with E-state index in [0.29, 0.717) is 5.92 Å². The Balaban J connectivity index is 1.02. The maximum atomic E-state index is 6.95. The van der Waals surface area contributed by atoms with Crippen molar-refractivity contribution in [3.63, 3.8) is 0 Å². The molecule has 0 radical (unpaired) electrons. The summed E-state index contributed by atoms with van der Waals surface area (Å²) in [6.45, 7) is 7.05. The molecule has 9 rings (SSSR count). The van der Waals surface area contributed by atoms with Crippen LogP contribution < -0.4 is 11.1 Å². The standard InChI is InChI=1S/C52H49N3/c1-4-36(50(39-19-9-6-10-20-39)54-51(53)40-30-28-38(29-31-40)37-17-7-5-8-18-37)27-26-35-16-15-21-41(34-35)55-46-25-14-12-23-43(46)49-47(55)33-32-45-48(49)42-22-11-13-24-44(42)52(45,2)3/h5-25,28-34,36,50-51,54H,4,26-27,53H2,1-3H3. The number of hydrogen-bond acceptors (Lipinski definition) is 2. The van der Waals surface area contributed by atoms with Crippen molar-refractivity contribution in [1.29, 1.82) is 0 Å². The molecule has 3 heteroatoms. The average Bonchev–Trinajstić information content (AvgIpc) is 3.70. The lowest BCUT2D eigenvalue weighted by Crippen LogP contribution is -2.36. The first-order chi connectivity index (χ1) is 26.9. The van der Waals surface area contributed by atoms with Crippen molar-refractivity contribution in [3.8, 4) is 27.9 Å². The van der Waals surface area contributed by atoms with E-state index in [1.807, 2.05) is 0 Å². The quantitative estimate of drug-likeness (QED) is 0.131. The van der Waals surface area contributed by atoms with Crippen molar-refractivity contribution < 1.29 is 0 Å². The Labute approximate surface area is 325 Å². The first-order valence-corrected chi connectivity index (χ1v) is 19.9. The molecular formula is C52H49N3. The third kappa shape index (κ3) is 6.28. The Bertz CT molecular complexity index is 2600. The molecule has 7 aromatic carbocycles. The lowest BCUT2D eigenvalue weighted by molar-refractivity contribution is 0.303. The highest BCUT2D eigenvalue weighted by Gasteiger charge is 2.37. The van der Waals surface area contributed by atoms with Crippen molar-refractivity contribution in [2.24, 2.45) is 11.7 Å². The number of aryl methyl sites for hydroxylation is 1. The van der Waals surface area contributed by atoms with Gasteiger partial charge in [-0.3, -0.25) is 5.32 Å². The van der Waals surface area contributed by atoms with Crippen molar-refractivity contribution in [2.75, 3.05) is 0 Å². The fraction of sp³-hybridized carbons (Fsp3) is 0.192. The number of nitrogens with two attached hydrogens (primary N) is 1. The minimum atomic E-state index is -0.290. The van der Waals surface area contributed by atoms with Crippen LogP contribution in [0.4, 0.5) is 0 Å². The van der Waals surface area contributed by atoms with E-state index in [4.69, 9.17) is 5.73 Å². The molecule has 3 atom stereocenters. The number of para-hydroxylation sites is 1. The van der Waals surface area contributed by atoms with Gasteiger partial charge in [-0.1, -0.05) is 173 Å². The van der Waals surface area contributed by atoms with Crippen LogP contribution >= 0.6 is 0 Å². The lowest BCUT2D eigenvalue weighted by Gasteiger charge is -2.31. The number of rotatable bonds is 11. The minimum Gasteiger partial charge on any atom is -0.312 e. The highest BCUT2D eigenvalue weighted by atomic mass is 15.1. The topological polar surface area (TPSA) is 43.0 Å². The number of aromatic nitrogens is 1. The van der Waals surface area contributed by atoms with Crippen LogP contribution in [0.5, 0.6) is 0 Å². The van der Waals surface area contributed by atoms with Crippen LogP contribution in [0.15, 0.2) is 170 Å². The van der Waals surface area contributed by atoms with Gasteiger partial charge in [0.2, 0.25) is 0 Å². The van der Waals surface area contributed by atoms with E-state index >= 15 is 0 Å². The van der Waals surface area contributed by atoms with E-state index in [9.17, 15) is 0 Å². The van der Waals surface area contributed by atoms with Crippen molar-refractivity contribution in [3.05, 3.63) is 198 Å². The summed E-state index contributed by atoms with van der Waals surface area (Å²) in [5.74, 6) is 0.389. The molecule has 272 valence electrons. The van der Waals surface area contributed by atoms with E-state index in [-0.39, 0.29) is 17.6 Å². The Morgan fingerprint density at radius 2 is 1.31 bits per heavy atom. The Morgan fingerprint density at radius 3 is 2.09 bits per heavy atom. The van der Waals surface area contributed by atoms with Gasteiger partial charge in [-0.05, 0) is 93.1 Å². The van der Waals surface area contributed by atoms with Crippen LogP contribution in [0.3, 0.4) is 0 Å². The molecule has 1 aliphatic rings. The molecule has 3 unspecified atom stereocenters. The summed E-state index contributed by atoms with van der Waals surface area (Å²) >= 11 is 0. The van der Waals surface area contributed by atoms with Crippen LogP contribution in [-0.2, 0) is 11.8 Å². The minimum absolute atomic E-state index is 0.0393. The third-order valence-corrected chi connectivity index (χ3v) is 12.2. The predicted molar refractivity (Wildman–Crippen MR) is 232 cm³/mol. The van der Waals surface area contributed by atoms with Gasteiger partial charge in [0.05, 0.1) is 17.2 Å². The maximum Gasteiger partial charge on any atom is 0.0814 e. The smallest absolute Gasteiger partial charge is 0.0814 e. The molecule has 1 heterocycles. The Hall–Kier alpha value is -5.74. The van der Waals surface area contributed by atoms with E-state index in [0.717, 1.165) is 24.8 Å². The van der Waals surface area contributed by atoms with E-state index in [2.05, 4.69) is 201 Å². The fourth-order valence-electron chi connectivity index (χ4n) is 9.31. The number of fused-ring (bicyclic) bond motifs is 7. The second kappa shape index (κ2) is 14.5. The molecule has 3 N–H and O–H groups in total. The number of nitrogens with zero attached hydrogens (tertiary/aromatic N) is 1. The molecular weight excluding hydrogens is 667 g/mol. The van der Waals surface area contributed by atoms with E-state index < -0.39 is 0 Å². The van der Waals surface area contributed by atoms with Crippen LogP contribution in [0, 0.1) is 5.92 Å². The van der Waals surface area contributed by atoms with Gasteiger partial charge in [-0.2, -0.15) is 0 Å². The summed E-state index contributed by atoms with van der Waals surface area (Å²) in [5, 5.41) is 6.54. The monoisotopic (exact) mass is 715 g/mol. The summed E-state index contributed by atoms with van der Waals surface area (Å²) < 4.78 is 2.48. The molecule has 0 saturated heterocycles. The molecule has 8 aromatic rings. The van der Waals surface area contributed by atoms with Gasteiger partial charge >= 0.3 is 0 Å². The van der Waals surface area contributed by atoms with Crippen LogP contribution in [-0.4, -0.2) is 4.57 Å². The van der Waals surface area contributed by atoms with Gasteiger partial charge < -0.3 is 10.3 Å². The van der Waals surface area contributed by atoms with Crippen LogP contribution in [0.2, 0.25) is 0 Å². The van der Waals surface area contributed by atoms with Crippen molar-refractivity contribution in [2.45, 2.75) is 57.7 Å². The summed E-state index contributed by atoms with van der Waals surface area (Å²) in [5.41, 5.74) is 22.3. The zero-order valence-electron chi connectivity index (χ0n) is 32.0. The maximum absolute atomic E-state index is 6.95. The third-order valence-electron chi connectivity index (χ3n) is 12.2. The molecule has 0 fully saturated rings. The van der Waals surface area contributed by atoms with Crippen LogP contribution in [0.25, 0.3) is 49.7 Å². The zero-order valence-corrected chi connectivity index (χ0v) is 32.0. The molecule has 55 heavy (non-hydrogen) atoms. The largest absolute Gasteiger partial charge is 0.312 e. The molecule has 0 amide bonds. The molecule has 0 saturated carbocycles. The summed E-state index contributed by atoms with van der Waals surface area (Å²) in [6, 6.07) is 62.0. The van der Waals surface area contributed by atoms with Gasteiger partial charge in [0.25, 0.3) is 0 Å². The summed E-state index contributed by atoms with van der Waals surface area (Å²) in [6.07, 6.45) is 2.77. The molecule has 0 bridgehead atoms. The lowest BCUT2D eigenvalue weighted by atomic mass is 9.82. The molecule has 1 aliphatic carbocycles.